The molecule has 12 rings (SSSR count). The number of benzene rings is 2. The highest BCUT2D eigenvalue weighted by Gasteiger charge is 2.32. The predicted molar refractivity (Wildman–Crippen MR) is 357 cm³/mol. The lowest BCUT2D eigenvalue weighted by atomic mass is 10.1. The molecular weight excluding hydrogens is 1460 g/mol. The molecule has 5 amide bonds. The van der Waals surface area contributed by atoms with Crippen molar-refractivity contribution in [2.45, 2.75) is 94.6 Å². The number of hydrogen-bond donors (Lipinski definition) is 3. The SMILES string of the molecule is C.CN1C(=O)C(I)CCn2cc(Br)cc21.CN1C(=O)C(N)CCn2cc(Br)cc21.CN1C(=O)C(NC(=O)C2=NC(Cc3ccccc3)=NC2)CCn2cc(Br)cc21.CN1C(=O)CCCn2cc(Br)cc21.O=C(O)C1=NC(Cc2ccccc2)=NC1. The van der Waals surface area contributed by atoms with Crippen molar-refractivity contribution in [1.82, 2.24) is 23.6 Å². The molecule has 0 radical (unpaired) electrons. The van der Waals surface area contributed by atoms with Gasteiger partial charge < -0.3 is 44.2 Å². The minimum absolute atomic E-state index is 0. The fourth-order valence-electron chi connectivity index (χ4n) is 9.75. The summed E-state index contributed by atoms with van der Waals surface area (Å²) in [6.45, 7) is 3.71. The van der Waals surface area contributed by atoms with Crippen LogP contribution in [0, 0.1) is 0 Å². The molecule has 21 nitrogen and oxygen atoms in total. The number of nitrogens with one attached hydrogen (secondary N) is 1. The van der Waals surface area contributed by atoms with Gasteiger partial charge in [-0.25, -0.2) is 14.8 Å². The third-order valence-corrected chi connectivity index (χ3v) is 17.2. The van der Waals surface area contributed by atoms with Gasteiger partial charge in [0.25, 0.3) is 5.91 Å². The van der Waals surface area contributed by atoms with E-state index in [-0.39, 0.29) is 65.7 Å². The van der Waals surface area contributed by atoms with Crippen LogP contribution in [0.5, 0.6) is 0 Å². The average Bonchev–Trinajstić information content (AvgIpc) is 3.45. The van der Waals surface area contributed by atoms with Gasteiger partial charge in [0.1, 0.15) is 52.4 Å². The monoisotopic (exact) mass is 1530 g/mol. The molecule has 0 bridgehead atoms. The van der Waals surface area contributed by atoms with Crippen molar-refractivity contribution in [2.75, 3.05) is 60.9 Å². The number of nitrogens with zero attached hydrogens (tertiary/aromatic N) is 12. The lowest BCUT2D eigenvalue weighted by Gasteiger charge is -2.20. The Balaban J connectivity index is 0.000000158. The van der Waals surface area contributed by atoms with Gasteiger partial charge in [0, 0.05) is 116 Å². The number of fused-ring (bicyclic) bond motifs is 4. The maximum Gasteiger partial charge on any atom is 0.352 e. The number of carboxylic acid groups (broad SMARTS) is 1. The van der Waals surface area contributed by atoms with Crippen LogP contribution in [0.25, 0.3) is 0 Å². The molecule has 0 spiro atoms. The first-order chi connectivity index (χ1) is 40.1. The lowest BCUT2D eigenvalue weighted by Crippen LogP contribution is -2.49. The van der Waals surface area contributed by atoms with Crippen LogP contribution < -0.4 is 30.7 Å². The van der Waals surface area contributed by atoms with Crippen LogP contribution in [0.1, 0.15) is 50.7 Å². The van der Waals surface area contributed by atoms with Crippen LogP contribution in [-0.2, 0) is 67.8 Å². The average molecular weight is 1530 g/mol. The van der Waals surface area contributed by atoms with Crippen molar-refractivity contribution in [2.24, 2.45) is 25.7 Å². The van der Waals surface area contributed by atoms with Gasteiger partial charge in [0.05, 0.1) is 23.1 Å². The summed E-state index contributed by atoms with van der Waals surface area (Å²) in [7, 11) is 7.13. The first kappa shape index (κ1) is 66.2. The van der Waals surface area contributed by atoms with Crippen LogP contribution in [0.2, 0.25) is 0 Å². The van der Waals surface area contributed by atoms with Crippen molar-refractivity contribution < 1.29 is 33.9 Å². The minimum atomic E-state index is -0.984. The number of anilines is 4. The standard InChI is InChI=1S/C20H20BrN5O2.C11H10N2O2.C9H10BrIN2O.C9H12BrN3O.C9H11BrN2O.CH4/c1-25-18-10-14(21)12-26(18)8-7-15(20(25)28)24-19(27)16-11-22-17(23-16)9-13-5-3-2-4-6-13;14-11(15)9-7-12-10(13-9)6-8-4-2-1-3-5-8;2*1-12-8-4-6(10)5-13(8)3-2-7(11)9(12)14;1-11-8-5-7(10)6-12(8)4-2-3-9(11)13;/h2-6,10,12,15H,7-9,11H2,1H3,(H,24,27);1-5H,6-7H2,(H,14,15);4-5,7H,2-3H2,1H3;4-5,7H,2-3,11H2,1H3;5-6H,2-4H2,1H3;1H4. The third kappa shape index (κ3) is 17.2. The maximum atomic E-state index is 12.8. The van der Waals surface area contributed by atoms with Gasteiger partial charge in [-0.15, -0.1) is 0 Å². The van der Waals surface area contributed by atoms with Gasteiger partial charge in [0.15, 0.2) is 0 Å². The summed E-state index contributed by atoms with van der Waals surface area (Å²) in [5.74, 6) is 3.81. The van der Waals surface area contributed by atoms with E-state index in [1.807, 2.05) is 133 Å². The van der Waals surface area contributed by atoms with Crippen molar-refractivity contribution in [3.8, 4) is 0 Å². The van der Waals surface area contributed by atoms with Gasteiger partial charge in [0.2, 0.25) is 23.6 Å². The molecule has 4 N–H and O–H groups in total. The fraction of sp³-hybridized carbons (Fsp3) is 0.356. The van der Waals surface area contributed by atoms with Gasteiger partial charge in [-0.2, -0.15) is 0 Å². The third-order valence-electron chi connectivity index (χ3n) is 14.3. The number of aromatic nitrogens is 4. The van der Waals surface area contributed by atoms with Crippen molar-refractivity contribution in [1.29, 1.82) is 0 Å². The first-order valence-corrected chi connectivity index (χ1v) is 31.3. The maximum absolute atomic E-state index is 12.8. The molecule has 2 aromatic carbocycles. The number of hydrogen-bond acceptors (Lipinski definition) is 11. The van der Waals surface area contributed by atoms with E-state index < -0.39 is 12.0 Å². The molecule has 26 heteroatoms. The Bertz CT molecular complexity index is 3470. The van der Waals surface area contributed by atoms with E-state index in [4.69, 9.17) is 10.8 Å². The molecule has 6 aliphatic rings. The highest BCUT2D eigenvalue weighted by atomic mass is 127. The quantitative estimate of drug-likeness (QED) is 0.102. The number of alkyl halides is 1. The van der Waals surface area contributed by atoms with E-state index in [0.29, 0.717) is 56.0 Å². The first-order valence-electron chi connectivity index (χ1n) is 26.9. The molecule has 0 saturated carbocycles. The number of amides is 5. The molecule has 3 atom stereocenters. The Morgan fingerprint density at radius 1 is 0.588 bits per heavy atom. The summed E-state index contributed by atoms with van der Waals surface area (Å²) in [4.78, 5) is 94.4. The van der Waals surface area contributed by atoms with E-state index >= 15 is 0 Å². The number of carboxylic acids is 1. The molecular formula is C59H67Br4IN14O7. The summed E-state index contributed by atoms with van der Waals surface area (Å²) in [5, 5.41) is 11.5. The molecule has 0 aliphatic carbocycles. The molecule has 0 fully saturated rings. The number of rotatable bonds is 7. The number of aliphatic imine (C=N–C) groups is 4. The Kier molecular flexibility index (Phi) is 23.6. The fourth-order valence-corrected chi connectivity index (χ4v) is 12.3. The van der Waals surface area contributed by atoms with Crippen LogP contribution in [0.3, 0.4) is 0 Å². The van der Waals surface area contributed by atoms with Crippen LogP contribution >= 0.6 is 86.3 Å². The summed E-state index contributed by atoms with van der Waals surface area (Å²) < 4.78 is 12.3. The van der Waals surface area contributed by atoms with E-state index in [1.165, 1.54) is 0 Å². The second-order valence-electron chi connectivity index (χ2n) is 20.3. The van der Waals surface area contributed by atoms with Gasteiger partial charge >= 0.3 is 5.97 Å². The minimum Gasteiger partial charge on any atom is -0.477 e. The molecule has 6 aliphatic heterocycles. The molecule has 6 aromatic rings. The van der Waals surface area contributed by atoms with Crippen LogP contribution in [0.15, 0.2) is 148 Å². The number of amidine groups is 2. The summed E-state index contributed by atoms with van der Waals surface area (Å²) in [5.41, 5.74) is 8.40. The largest absolute Gasteiger partial charge is 0.477 e. The second-order valence-corrected chi connectivity index (χ2v) is 25.4. The zero-order chi connectivity index (χ0) is 60.4. The number of likely N-dealkylation sites (N-methyl/N-ethyl adjacent to an activating group) is 2. The summed E-state index contributed by atoms with van der Waals surface area (Å²) >= 11 is 15.9. The van der Waals surface area contributed by atoms with Crippen molar-refractivity contribution >= 4 is 168 Å². The topological polar surface area (TPSA) is 243 Å². The number of nitrogens with two attached hydrogens (primary N) is 1. The number of aryl methyl sites for hydroxylation is 4. The lowest BCUT2D eigenvalue weighted by molar-refractivity contribution is -0.129. The summed E-state index contributed by atoms with van der Waals surface area (Å²) in [6.07, 6.45) is 12.8. The molecule has 4 aromatic heterocycles. The van der Waals surface area contributed by atoms with E-state index in [1.54, 1.807) is 33.7 Å². The van der Waals surface area contributed by atoms with Crippen LogP contribution in [-0.4, -0.2) is 139 Å². The van der Waals surface area contributed by atoms with E-state index in [0.717, 1.165) is 84.8 Å². The Labute approximate surface area is 541 Å². The zero-order valence-corrected chi connectivity index (χ0v) is 55.0. The second kappa shape index (κ2) is 30.3. The normalized spacial score (nSPS) is 18.7. The highest BCUT2D eigenvalue weighted by molar-refractivity contribution is 14.1. The molecule has 450 valence electrons. The number of halogens is 5. The molecule has 3 unspecified atom stereocenters. The Hall–Kier alpha value is -6.33. The van der Waals surface area contributed by atoms with Gasteiger partial charge in [-0.1, -0.05) is 90.7 Å². The predicted octanol–water partition coefficient (Wildman–Crippen LogP) is 9.37. The Morgan fingerprint density at radius 2 is 1.00 bits per heavy atom. The summed E-state index contributed by atoms with van der Waals surface area (Å²) in [6, 6.07) is 26.5. The van der Waals surface area contributed by atoms with Gasteiger partial charge in [-0.05, 0) is 125 Å². The van der Waals surface area contributed by atoms with Gasteiger partial charge in [-0.3, -0.25) is 43.8 Å². The molecule has 0 saturated heterocycles. The van der Waals surface area contributed by atoms with E-state index in [9.17, 15) is 28.8 Å². The van der Waals surface area contributed by atoms with Crippen molar-refractivity contribution in [3.63, 3.8) is 0 Å². The zero-order valence-electron chi connectivity index (χ0n) is 46.5. The molecule has 85 heavy (non-hydrogen) atoms. The van der Waals surface area contributed by atoms with Crippen molar-refractivity contribution in [3.05, 3.63) is 139 Å². The van der Waals surface area contributed by atoms with E-state index in [2.05, 4.69) is 121 Å². The smallest absolute Gasteiger partial charge is 0.352 e. The highest BCUT2D eigenvalue weighted by Crippen LogP contribution is 2.30. The Morgan fingerprint density at radius 3 is 1.48 bits per heavy atom. The number of aliphatic carboxylic acids is 1. The number of carbonyl (C=O) groups is 6. The number of carbonyl (C=O) groups excluding carboxylic acids is 5. The van der Waals surface area contributed by atoms with Crippen LogP contribution in [0.4, 0.5) is 23.3 Å². The molecule has 10 heterocycles.